The molecule has 3 aromatic rings. The van der Waals surface area contributed by atoms with Gasteiger partial charge in [-0.1, -0.05) is 28.4 Å². The molecule has 8 nitrogen and oxygen atoms in total. The monoisotopic (exact) mass is 465 g/mol. The SMILES string of the molecule is CO/N=C(/c1ccnc(N)c1)c1ncc(Cl)cc1NS(=O)(=O)c1ccc(Cl)c(C)c1. The number of sulfonamides is 1. The molecule has 0 spiro atoms. The number of nitrogens with two attached hydrogens (primary N) is 1. The number of pyridine rings is 2. The quantitative estimate of drug-likeness (QED) is 0.421. The predicted octanol–water partition coefficient (Wildman–Crippen LogP) is 3.87. The van der Waals surface area contributed by atoms with Crippen molar-refractivity contribution < 1.29 is 13.3 Å². The molecule has 0 saturated carbocycles. The van der Waals surface area contributed by atoms with Gasteiger partial charge in [0.15, 0.2) is 0 Å². The van der Waals surface area contributed by atoms with E-state index < -0.39 is 10.0 Å². The number of anilines is 2. The number of nitrogens with zero attached hydrogens (tertiary/aromatic N) is 3. The highest BCUT2D eigenvalue weighted by Gasteiger charge is 2.22. The highest BCUT2D eigenvalue weighted by Crippen LogP contribution is 2.26. The minimum Gasteiger partial charge on any atom is -0.399 e. The summed E-state index contributed by atoms with van der Waals surface area (Å²) < 4.78 is 28.5. The second kappa shape index (κ2) is 8.86. The molecule has 2 heterocycles. The Morgan fingerprint density at radius 3 is 2.60 bits per heavy atom. The summed E-state index contributed by atoms with van der Waals surface area (Å²) in [5.41, 5.74) is 7.47. The van der Waals surface area contributed by atoms with Gasteiger partial charge in [0.1, 0.15) is 24.3 Å². The molecule has 0 bridgehead atoms. The first-order valence-corrected chi connectivity index (χ1v) is 10.7. The average molecular weight is 466 g/mol. The van der Waals surface area contributed by atoms with Crippen molar-refractivity contribution in [3.05, 3.63) is 75.7 Å². The smallest absolute Gasteiger partial charge is 0.261 e. The van der Waals surface area contributed by atoms with Gasteiger partial charge < -0.3 is 10.6 Å². The van der Waals surface area contributed by atoms with Gasteiger partial charge in [-0.3, -0.25) is 9.71 Å². The highest BCUT2D eigenvalue weighted by atomic mass is 35.5. The van der Waals surface area contributed by atoms with Crippen LogP contribution in [0.25, 0.3) is 0 Å². The molecule has 0 radical (unpaired) electrons. The summed E-state index contributed by atoms with van der Waals surface area (Å²) in [6.45, 7) is 1.71. The Labute approximate surface area is 183 Å². The lowest BCUT2D eigenvalue weighted by molar-refractivity contribution is 0.214. The molecule has 3 rings (SSSR count). The number of nitrogen functional groups attached to an aromatic ring is 1. The molecule has 11 heteroatoms. The van der Waals surface area contributed by atoms with Crippen molar-refractivity contribution in [1.82, 2.24) is 9.97 Å². The summed E-state index contributed by atoms with van der Waals surface area (Å²) in [6, 6.07) is 9.03. The van der Waals surface area contributed by atoms with Crippen molar-refractivity contribution >= 4 is 50.4 Å². The van der Waals surface area contributed by atoms with Gasteiger partial charge in [-0.15, -0.1) is 0 Å². The van der Waals surface area contributed by atoms with Crippen LogP contribution in [0.15, 0.2) is 58.8 Å². The minimum atomic E-state index is -3.97. The van der Waals surface area contributed by atoms with Crippen molar-refractivity contribution in [2.24, 2.45) is 5.16 Å². The third-order valence-electron chi connectivity index (χ3n) is 4.00. The lowest BCUT2D eigenvalue weighted by Gasteiger charge is -2.14. The Kier molecular flexibility index (Phi) is 6.45. The maximum absolute atomic E-state index is 13.0. The van der Waals surface area contributed by atoms with Gasteiger partial charge in [-0.25, -0.2) is 13.4 Å². The van der Waals surface area contributed by atoms with E-state index in [1.54, 1.807) is 19.1 Å². The van der Waals surface area contributed by atoms with Gasteiger partial charge in [-0.2, -0.15) is 0 Å². The number of aromatic nitrogens is 2. The molecular weight excluding hydrogens is 449 g/mol. The Balaban J connectivity index is 2.11. The van der Waals surface area contributed by atoms with Gasteiger partial charge in [-0.05, 0) is 48.9 Å². The van der Waals surface area contributed by atoms with E-state index in [9.17, 15) is 8.42 Å². The van der Waals surface area contributed by atoms with Crippen LogP contribution in [-0.2, 0) is 14.9 Å². The van der Waals surface area contributed by atoms with Crippen LogP contribution in [0.3, 0.4) is 0 Å². The summed E-state index contributed by atoms with van der Waals surface area (Å²) in [5.74, 6) is 0.254. The van der Waals surface area contributed by atoms with Crippen LogP contribution in [0.2, 0.25) is 10.0 Å². The first-order chi connectivity index (χ1) is 14.2. The van der Waals surface area contributed by atoms with Crippen LogP contribution < -0.4 is 10.5 Å². The molecule has 0 saturated heterocycles. The number of rotatable bonds is 6. The lowest BCUT2D eigenvalue weighted by Crippen LogP contribution is -2.18. The second-order valence-corrected chi connectivity index (χ2v) is 8.68. The Morgan fingerprint density at radius 2 is 1.93 bits per heavy atom. The lowest BCUT2D eigenvalue weighted by atomic mass is 10.1. The Hall–Kier alpha value is -2.88. The fourth-order valence-corrected chi connectivity index (χ4v) is 4.03. The van der Waals surface area contributed by atoms with E-state index in [0.717, 1.165) is 0 Å². The average Bonchev–Trinajstić information content (AvgIpc) is 2.68. The molecule has 0 amide bonds. The number of nitrogens with one attached hydrogen (secondary N) is 1. The third-order valence-corrected chi connectivity index (χ3v) is 5.99. The molecule has 0 atom stereocenters. The van der Waals surface area contributed by atoms with Gasteiger partial charge in [0.25, 0.3) is 10.0 Å². The van der Waals surface area contributed by atoms with Crippen LogP contribution in [0.5, 0.6) is 0 Å². The van der Waals surface area contributed by atoms with Crippen LogP contribution >= 0.6 is 23.2 Å². The van der Waals surface area contributed by atoms with E-state index in [4.69, 9.17) is 33.8 Å². The molecule has 0 aliphatic heterocycles. The molecule has 0 aliphatic carbocycles. The fraction of sp³-hybridized carbons (Fsp3) is 0.105. The number of hydrogen-bond donors (Lipinski definition) is 2. The molecule has 2 aromatic heterocycles. The topological polar surface area (TPSA) is 120 Å². The second-order valence-electron chi connectivity index (χ2n) is 6.16. The molecule has 0 unspecified atom stereocenters. The van der Waals surface area contributed by atoms with Crippen LogP contribution in [0.1, 0.15) is 16.8 Å². The molecule has 3 N–H and O–H groups in total. The van der Waals surface area contributed by atoms with Gasteiger partial charge in [0.2, 0.25) is 0 Å². The third kappa shape index (κ3) is 4.81. The van der Waals surface area contributed by atoms with Crippen molar-refractivity contribution in [3.63, 3.8) is 0 Å². The first kappa shape index (κ1) is 21.8. The molecule has 0 aliphatic rings. The largest absolute Gasteiger partial charge is 0.399 e. The van der Waals surface area contributed by atoms with Crippen LogP contribution in [-0.4, -0.2) is 31.2 Å². The molecule has 30 heavy (non-hydrogen) atoms. The molecular formula is C19H17Cl2N5O3S. The number of benzene rings is 1. The fourth-order valence-electron chi connectivity index (χ4n) is 2.61. The van der Waals surface area contributed by atoms with Crippen molar-refractivity contribution in [1.29, 1.82) is 0 Å². The van der Waals surface area contributed by atoms with E-state index in [2.05, 4.69) is 19.8 Å². The van der Waals surface area contributed by atoms with Crippen molar-refractivity contribution in [2.45, 2.75) is 11.8 Å². The van der Waals surface area contributed by atoms with E-state index in [1.807, 2.05) is 0 Å². The predicted molar refractivity (Wildman–Crippen MR) is 118 cm³/mol. The number of halogens is 2. The minimum absolute atomic E-state index is 0.0358. The summed E-state index contributed by atoms with van der Waals surface area (Å²) in [7, 11) is -2.61. The van der Waals surface area contributed by atoms with Gasteiger partial charge in [0.05, 0.1) is 15.6 Å². The molecule has 1 aromatic carbocycles. The number of oxime groups is 1. The first-order valence-electron chi connectivity index (χ1n) is 8.49. The van der Waals surface area contributed by atoms with Gasteiger partial charge in [0, 0.05) is 23.0 Å². The Bertz CT molecular complexity index is 1230. The highest BCUT2D eigenvalue weighted by molar-refractivity contribution is 7.92. The number of aryl methyl sites for hydroxylation is 1. The standard InChI is InChI=1S/C19H17Cl2N5O3S/c1-11-7-14(3-4-15(11)21)30(27,28)26-16-9-13(20)10-24-19(16)18(25-29-2)12-5-6-23-17(22)8-12/h3-10,26H,1-2H3,(H2,22,23)/b25-18-. The normalized spacial score (nSPS) is 11.9. The van der Waals surface area contributed by atoms with E-state index in [1.165, 1.54) is 43.8 Å². The van der Waals surface area contributed by atoms with E-state index in [0.29, 0.717) is 16.1 Å². The van der Waals surface area contributed by atoms with Gasteiger partial charge >= 0.3 is 0 Å². The Morgan fingerprint density at radius 1 is 1.17 bits per heavy atom. The van der Waals surface area contributed by atoms with E-state index in [-0.39, 0.29) is 32.8 Å². The van der Waals surface area contributed by atoms with E-state index >= 15 is 0 Å². The zero-order valence-corrected chi connectivity index (χ0v) is 18.3. The summed E-state index contributed by atoms with van der Waals surface area (Å²) in [5, 5.41) is 4.69. The summed E-state index contributed by atoms with van der Waals surface area (Å²) >= 11 is 12.1. The zero-order chi connectivity index (χ0) is 21.9. The summed E-state index contributed by atoms with van der Waals surface area (Å²) in [4.78, 5) is 13.2. The summed E-state index contributed by atoms with van der Waals surface area (Å²) in [6.07, 6.45) is 2.86. The maximum atomic E-state index is 13.0. The maximum Gasteiger partial charge on any atom is 0.261 e. The van der Waals surface area contributed by atoms with Crippen molar-refractivity contribution in [3.8, 4) is 0 Å². The molecule has 156 valence electrons. The molecule has 0 fully saturated rings. The number of hydrogen-bond acceptors (Lipinski definition) is 7. The van der Waals surface area contributed by atoms with Crippen molar-refractivity contribution in [2.75, 3.05) is 17.6 Å². The zero-order valence-electron chi connectivity index (χ0n) is 15.9. The van der Waals surface area contributed by atoms with Crippen LogP contribution in [0, 0.1) is 6.92 Å². The van der Waals surface area contributed by atoms with Crippen LogP contribution in [0.4, 0.5) is 11.5 Å².